The Hall–Kier alpha value is -3.19. The number of aromatic nitrogens is 2. The molecule has 0 unspecified atom stereocenters. The summed E-state index contributed by atoms with van der Waals surface area (Å²) >= 11 is 1.32. The van der Waals surface area contributed by atoms with Gasteiger partial charge in [0.25, 0.3) is 0 Å². The van der Waals surface area contributed by atoms with Crippen molar-refractivity contribution in [1.82, 2.24) is 10.2 Å². The molecule has 0 saturated carbocycles. The summed E-state index contributed by atoms with van der Waals surface area (Å²) < 4.78 is 0. The molecule has 29 heavy (non-hydrogen) atoms. The van der Waals surface area contributed by atoms with Crippen molar-refractivity contribution in [3.05, 3.63) is 65.7 Å². The molecule has 2 aromatic carbocycles. The highest BCUT2D eigenvalue weighted by Crippen LogP contribution is 2.24. The van der Waals surface area contributed by atoms with Crippen molar-refractivity contribution in [3.63, 3.8) is 0 Å². The van der Waals surface area contributed by atoms with Crippen molar-refractivity contribution < 1.29 is 9.59 Å². The summed E-state index contributed by atoms with van der Waals surface area (Å²) in [5.74, 6) is -0.107. The number of carbonyl (C=O) groups is 2. The van der Waals surface area contributed by atoms with Crippen molar-refractivity contribution >= 4 is 35.0 Å². The zero-order valence-electron chi connectivity index (χ0n) is 16.5. The van der Waals surface area contributed by atoms with E-state index in [1.54, 1.807) is 24.3 Å². The summed E-state index contributed by atoms with van der Waals surface area (Å²) in [4.78, 5) is 23.4. The van der Waals surface area contributed by atoms with Crippen LogP contribution < -0.4 is 10.6 Å². The number of carbonyl (C=O) groups excluding carboxylic acids is 2. The second kappa shape index (κ2) is 9.34. The second-order valence-corrected chi connectivity index (χ2v) is 7.67. The van der Waals surface area contributed by atoms with Gasteiger partial charge in [0, 0.05) is 23.9 Å². The second-order valence-electron chi connectivity index (χ2n) is 6.67. The number of benzene rings is 2. The van der Waals surface area contributed by atoms with Gasteiger partial charge in [-0.3, -0.25) is 9.59 Å². The van der Waals surface area contributed by atoms with Gasteiger partial charge in [-0.2, -0.15) is 0 Å². The summed E-state index contributed by atoms with van der Waals surface area (Å²) in [6, 6.07) is 17.0. The number of amides is 2. The van der Waals surface area contributed by atoms with Crippen LogP contribution >= 0.6 is 11.8 Å². The van der Waals surface area contributed by atoms with E-state index in [9.17, 15) is 9.59 Å². The highest BCUT2D eigenvalue weighted by Gasteiger charge is 2.08. The smallest absolute Gasteiger partial charge is 0.234 e. The van der Waals surface area contributed by atoms with E-state index in [0.29, 0.717) is 16.4 Å². The number of thioether (sulfide) groups is 1. The first-order valence-corrected chi connectivity index (χ1v) is 10.1. The normalized spacial score (nSPS) is 10.4. The van der Waals surface area contributed by atoms with E-state index in [2.05, 4.69) is 39.0 Å². The minimum absolute atomic E-state index is 0.157. The van der Waals surface area contributed by atoms with Crippen molar-refractivity contribution in [2.24, 2.45) is 0 Å². The summed E-state index contributed by atoms with van der Waals surface area (Å²) in [6.45, 7) is 5.53. The number of nitrogens with zero attached hydrogens (tertiary/aromatic N) is 2. The van der Waals surface area contributed by atoms with Gasteiger partial charge in [0.1, 0.15) is 5.03 Å². The molecule has 6 nitrogen and oxygen atoms in total. The lowest BCUT2D eigenvalue weighted by Crippen LogP contribution is -2.14. The van der Waals surface area contributed by atoms with Crippen LogP contribution in [0.1, 0.15) is 18.1 Å². The topological polar surface area (TPSA) is 84.0 Å². The first-order chi connectivity index (χ1) is 13.9. The Morgan fingerprint density at radius 3 is 2.38 bits per heavy atom. The lowest BCUT2D eigenvalue weighted by atomic mass is 10.0. The van der Waals surface area contributed by atoms with E-state index in [4.69, 9.17) is 0 Å². The van der Waals surface area contributed by atoms with Crippen LogP contribution in [0.3, 0.4) is 0 Å². The molecule has 2 amide bonds. The summed E-state index contributed by atoms with van der Waals surface area (Å²) in [7, 11) is 0. The molecule has 0 aliphatic rings. The van der Waals surface area contributed by atoms with E-state index in [1.165, 1.54) is 24.2 Å². The zero-order valence-corrected chi connectivity index (χ0v) is 17.3. The van der Waals surface area contributed by atoms with Crippen LogP contribution in [0.5, 0.6) is 0 Å². The molecule has 0 spiro atoms. The number of nitrogens with one attached hydrogen (secondary N) is 2. The van der Waals surface area contributed by atoms with Gasteiger partial charge >= 0.3 is 0 Å². The molecule has 7 heteroatoms. The maximum absolute atomic E-state index is 12.2. The minimum atomic E-state index is -0.160. The van der Waals surface area contributed by atoms with Crippen molar-refractivity contribution in [3.8, 4) is 11.3 Å². The first kappa shape index (κ1) is 20.5. The number of hydrogen-bond acceptors (Lipinski definition) is 5. The highest BCUT2D eigenvalue weighted by molar-refractivity contribution is 7.99. The van der Waals surface area contributed by atoms with Gasteiger partial charge in [-0.1, -0.05) is 35.5 Å². The molecule has 0 aliphatic heterocycles. The van der Waals surface area contributed by atoms with E-state index >= 15 is 0 Å². The van der Waals surface area contributed by atoms with Gasteiger partial charge < -0.3 is 10.6 Å². The molecule has 0 radical (unpaired) electrons. The van der Waals surface area contributed by atoms with Gasteiger partial charge in [-0.05, 0) is 55.8 Å². The molecule has 1 heterocycles. The number of anilines is 2. The molecule has 3 rings (SSSR count). The van der Waals surface area contributed by atoms with Crippen molar-refractivity contribution in [1.29, 1.82) is 0 Å². The molecule has 0 atom stereocenters. The summed E-state index contributed by atoms with van der Waals surface area (Å²) in [5, 5.41) is 14.7. The predicted molar refractivity (Wildman–Crippen MR) is 117 cm³/mol. The van der Waals surface area contributed by atoms with Crippen LogP contribution in [0.25, 0.3) is 11.3 Å². The Morgan fingerprint density at radius 1 is 0.931 bits per heavy atom. The average Bonchev–Trinajstić information content (AvgIpc) is 2.68. The van der Waals surface area contributed by atoms with Crippen LogP contribution in [0.15, 0.2) is 59.6 Å². The standard InChI is InChI=1S/C22H22N4O2S/c1-14-7-8-15(2)19(11-14)20-9-10-22(26-25-20)29-13-21(28)24-18-6-4-5-17(12-18)23-16(3)27/h4-12H,13H2,1-3H3,(H,23,27)(H,24,28). The molecule has 0 bridgehead atoms. The number of hydrogen-bond donors (Lipinski definition) is 2. The SMILES string of the molecule is CC(=O)Nc1cccc(NC(=O)CSc2ccc(-c3cc(C)ccc3C)nn2)c1. The van der Waals surface area contributed by atoms with Crippen LogP contribution in [-0.2, 0) is 9.59 Å². The molecule has 0 aliphatic carbocycles. The fourth-order valence-corrected chi connectivity index (χ4v) is 3.38. The Kier molecular flexibility index (Phi) is 6.61. The molecule has 1 aromatic heterocycles. The Bertz CT molecular complexity index is 1040. The largest absolute Gasteiger partial charge is 0.326 e. The Morgan fingerprint density at radius 2 is 1.69 bits per heavy atom. The third-order valence-corrected chi connectivity index (χ3v) is 5.05. The van der Waals surface area contributed by atoms with E-state index < -0.39 is 0 Å². The maximum atomic E-state index is 12.2. The predicted octanol–water partition coefficient (Wildman–Crippen LogP) is 4.45. The van der Waals surface area contributed by atoms with Gasteiger partial charge in [0.15, 0.2) is 0 Å². The molecular weight excluding hydrogens is 384 g/mol. The number of rotatable bonds is 6. The van der Waals surface area contributed by atoms with E-state index in [0.717, 1.165) is 16.8 Å². The monoisotopic (exact) mass is 406 g/mol. The molecule has 3 aromatic rings. The summed E-state index contributed by atoms with van der Waals surface area (Å²) in [6.07, 6.45) is 0. The van der Waals surface area contributed by atoms with Crippen LogP contribution in [0, 0.1) is 13.8 Å². The van der Waals surface area contributed by atoms with E-state index in [-0.39, 0.29) is 17.6 Å². The Balaban J connectivity index is 1.58. The molecule has 2 N–H and O–H groups in total. The quantitative estimate of drug-likeness (QED) is 0.591. The lowest BCUT2D eigenvalue weighted by Gasteiger charge is -2.08. The molecule has 0 fully saturated rings. The zero-order chi connectivity index (χ0) is 20.8. The fraction of sp³-hybridized carbons (Fsp3) is 0.182. The van der Waals surface area contributed by atoms with Gasteiger partial charge in [-0.25, -0.2) is 0 Å². The molecule has 148 valence electrons. The van der Waals surface area contributed by atoms with Crippen molar-refractivity contribution in [2.75, 3.05) is 16.4 Å². The van der Waals surface area contributed by atoms with Gasteiger partial charge in [-0.15, -0.1) is 10.2 Å². The van der Waals surface area contributed by atoms with Crippen molar-refractivity contribution in [2.45, 2.75) is 25.8 Å². The van der Waals surface area contributed by atoms with E-state index in [1.807, 2.05) is 26.0 Å². The minimum Gasteiger partial charge on any atom is -0.326 e. The van der Waals surface area contributed by atoms with Crippen LogP contribution in [0.2, 0.25) is 0 Å². The van der Waals surface area contributed by atoms with Gasteiger partial charge in [0.05, 0.1) is 11.4 Å². The van der Waals surface area contributed by atoms with Crippen LogP contribution in [0.4, 0.5) is 11.4 Å². The first-order valence-electron chi connectivity index (χ1n) is 9.12. The van der Waals surface area contributed by atoms with Gasteiger partial charge in [0.2, 0.25) is 11.8 Å². The highest BCUT2D eigenvalue weighted by atomic mass is 32.2. The maximum Gasteiger partial charge on any atom is 0.234 e. The number of aryl methyl sites for hydroxylation is 2. The van der Waals surface area contributed by atoms with Crippen LogP contribution in [-0.4, -0.2) is 27.8 Å². The average molecular weight is 407 g/mol. The lowest BCUT2D eigenvalue weighted by molar-refractivity contribution is -0.114. The summed E-state index contributed by atoms with van der Waals surface area (Å²) in [5.41, 5.74) is 5.45. The molecular formula is C22H22N4O2S. The molecule has 0 saturated heterocycles. The third kappa shape index (κ3) is 5.89. The Labute approximate surface area is 174 Å². The fourth-order valence-electron chi connectivity index (χ4n) is 2.77. The third-order valence-electron chi connectivity index (χ3n) is 4.13.